The predicted molar refractivity (Wildman–Crippen MR) is 36.0 cm³/mol. The van der Waals surface area contributed by atoms with Crippen LogP contribution in [-0.4, -0.2) is 8.42 Å². The summed E-state index contributed by atoms with van der Waals surface area (Å²) in [6, 6.07) is 2.78. The van der Waals surface area contributed by atoms with Crippen molar-refractivity contribution in [1.29, 1.82) is 0 Å². The molecule has 0 bridgehead atoms. The zero-order valence-electron chi connectivity index (χ0n) is 5.29. The molecule has 0 fully saturated rings. The van der Waals surface area contributed by atoms with Gasteiger partial charge in [0, 0.05) is 22.8 Å². The lowest BCUT2D eigenvalue weighted by molar-refractivity contribution is -0.378. The molecule has 62 valence electrons. The molecule has 1 rings (SSSR count). The number of H-pyrrole nitrogens is 1. The summed E-state index contributed by atoms with van der Waals surface area (Å²) >= 11 is 0. The molecule has 0 aliphatic carbocycles. The van der Waals surface area contributed by atoms with Crippen LogP contribution in [0, 0.1) is 0 Å². The van der Waals surface area contributed by atoms with Gasteiger partial charge in [0.25, 0.3) is 9.05 Å². The van der Waals surface area contributed by atoms with Crippen LogP contribution >= 0.6 is 10.7 Å². The molecular formula is C5H5Cl2NO2S. The highest BCUT2D eigenvalue weighted by molar-refractivity contribution is 8.13. The zero-order valence-corrected chi connectivity index (χ0v) is 7.62. The summed E-state index contributed by atoms with van der Waals surface area (Å²) in [6.07, 6.45) is 2.99. The third kappa shape index (κ3) is 3.05. The van der Waals surface area contributed by atoms with E-state index in [2.05, 4.69) is 4.98 Å². The van der Waals surface area contributed by atoms with Gasteiger partial charge in [0.2, 0.25) is 0 Å². The normalized spacial score (nSPS) is 10.3. The molecule has 3 nitrogen and oxygen atoms in total. The van der Waals surface area contributed by atoms with Gasteiger partial charge in [-0.3, -0.25) is 0 Å². The maximum Gasteiger partial charge on any atom is 0.261 e. The fourth-order valence-electron chi connectivity index (χ4n) is 0.534. The van der Waals surface area contributed by atoms with Crippen molar-refractivity contribution >= 4 is 19.7 Å². The Kier molecular flexibility index (Phi) is 3.78. The van der Waals surface area contributed by atoms with Crippen molar-refractivity contribution in [3.8, 4) is 0 Å². The van der Waals surface area contributed by atoms with Crippen LogP contribution in [-0.2, 0) is 9.05 Å². The lowest BCUT2D eigenvalue weighted by Crippen LogP contribution is -3.00. The number of hydrogen-bond donors (Lipinski definition) is 0. The van der Waals surface area contributed by atoms with Crippen LogP contribution < -0.4 is 17.4 Å². The van der Waals surface area contributed by atoms with Crippen molar-refractivity contribution in [1.82, 2.24) is 0 Å². The van der Waals surface area contributed by atoms with Gasteiger partial charge < -0.3 is 12.4 Å². The lowest BCUT2D eigenvalue weighted by Gasteiger charge is -1.87. The second-order valence-corrected chi connectivity index (χ2v) is 4.24. The molecule has 0 atom stereocenters. The van der Waals surface area contributed by atoms with Gasteiger partial charge in [0.05, 0.1) is 4.90 Å². The minimum atomic E-state index is -3.55. The van der Waals surface area contributed by atoms with E-state index in [-0.39, 0.29) is 17.3 Å². The maximum absolute atomic E-state index is 10.6. The molecular weight excluding hydrogens is 209 g/mol. The number of rotatable bonds is 1. The molecule has 0 unspecified atom stereocenters. The highest BCUT2D eigenvalue weighted by Crippen LogP contribution is 2.10. The van der Waals surface area contributed by atoms with E-state index in [1.807, 2.05) is 0 Å². The smallest absolute Gasteiger partial charge is 0.261 e. The summed E-state index contributed by atoms with van der Waals surface area (Å²) in [5, 5.41) is 0. The van der Waals surface area contributed by atoms with Crippen molar-refractivity contribution in [2.45, 2.75) is 4.90 Å². The van der Waals surface area contributed by atoms with Crippen LogP contribution in [0.1, 0.15) is 0 Å². The van der Waals surface area contributed by atoms with Crippen molar-refractivity contribution in [3.05, 3.63) is 24.5 Å². The Labute approximate surface area is 75.2 Å². The standard InChI is InChI=1S/C5H4ClNO2S.ClH/c6-10(8,9)5-1-3-7-4-2-5;/h1-4H;1H. The van der Waals surface area contributed by atoms with Gasteiger partial charge in [-0.05, 0) is 0 Å². The van der Waals surface area contributed by atoms with Crippen molar-refractivity contribution < 1.29 is 25.8 Å². The van der Waals surface area contributed by atoms with Crippen molar-refractivity contribution in [2.24, 2.45) is 0 Å². The molecule has 1 aromatic heterocycles. The minimum Gasteiger partial charge on any atom is -1.00 e. The predicted octanol–water partition coefficient (Wildman–Crippen LogP) is -2.57. The van der Waals surface area contributed by atoms with E-state index in [4.69, 9.17) is 10.7 Å². The molecule has 0 radical (unpaired) electrons. The van der Waals surface area contributed by atoms with Gasteiger partial charge in [0.15, 0.2) is 12.4 Å². The van der Waals surface area contributed by atoms with E-state index >= 15 is 0 Å². The van der Waals surface area contributed by atoms with Crippen molar-refractivity contribution in [3.63, 3.8) is 0 Å². The number of aromatic nitrogens is 1. The molecule has 11 heavy (non-hydrogen) atoms. The molecule has 0 spiro atoms. The highest BCUT2D eigenvalue weighted by Gasteiger charge is 2.08. The Balaban J connectivity index is 0.000001000. The van der Waals surface area contributed by atoms with Crippen LogP contribution in [0.2, 0.25) is 0 Å². The largest absolute Gasteiger partial charge is 1.00 e. The van der Waals surface area contributed by atoms with E-state index < -0.39 is 9.05 Å². The number of pyridine rings is 1. The molecule has 0 amide bonds. The first-order valence-electron chi connectivity index (χ1n) is 2.51. The van der Waals surface area contributed by atoms with Crippen LogP contribution in [0.5, 0.6) is 0 Å². The summed E-state index contributed by atoms with van der Waals surface area (Å²) in [4.78, 5) is 2.79. The maximum atomic E-state index is 10.6. The van der Waals surface area contributed by atoms with E-state index in [0.717, 1.165) is 0 Å². The Morgan fingerprint density at radius 1 is 1.27 bits per heavy atom. The fourth-order valence-corrected chi connectivity index (χ4v) is 1.30. The Bertz CT molecular complexity index is 311. The van der Waals surface area contributed by atoms with Crippen LogP contribution in [0.3, 0.4) is 0 Å². The molecule has 0 saturated heterocycles. The van der Waals surface area contributed by atoms with Gasteiger partial charge in [-0.2, -0.15) is 0 Å². The number of aromatic amines is 1. The average molecular weight is 214 g/mol. The summed E-state index contributed by atoms with van der Waals surface area (Å²) in [7, 11) is 1.47. The Hall–Kier alpha value is -0.320. The van der Waals surface area contributed by atoms with Crippen LogP contribution in [0.15, 0.2) is 29.4 Å². The first-order chi connectivity index (χ1) is 4.61. The molecule has 0 saturated carbocycles. The second-order valence-electron chi connectivity index (χ2n) is 1.67. The molecule has 0 aliphatic heterocycles. The first-order valence-corrected chi connectivity index (χ1v) is 4.82. The minimum absolute atomic E-state index is 0. The second kappa shape index (κ2) is 3.90. The molecule has 1 N–H and O–H groups in total. The monoisotopic (exact) mass is 213 g/mol. The summed E-state index contributed by atoms with van der Waals surface area (Å²) in [6.45, 7) is 0. The molecule has 0 aromatic carbocycles. The topological polar surface area (TPSA) is 48.3 Å². The van der Waals surface area contributed by atoms with Crippen molar-refractivity contribution in [2.75, 3.05) is 0 Å². The number of halogens is 2. The summed E-state index contributed by atoms with van der Waals surface area (Å²) in [5.74, 6) is 0. The number of hydrogen-bond acceptors (Lipinski definition) is 2. The van der Waals surface area contributed by atoms with Gasteiger partial charge >= 0.3 is 0 Å². The van der Waals surface area contributed by atoms with E-state index in [0.29, 0.717) is 0 Å². The third-order valence-corrected chi connectivity index (χ3v) is 2.34. The highest BCUT2D eigenvalue weighted by atomic mass is 35.7. The van der Waals surface area contributed by atoms with Gasteiger partial charge in [-0.25, -0.2) is 13.4 Å². The quantitative estimate of drug-likeness (QED) is 0.482. The third-order valence-electron chi connectivity index (χ3n) is 0.969. The Morgan fingerprint density at radius 3 is 2.00 bits per heavy atom. The summed E-state index contributed by atoms with van der Waals surface area (Å²) < 4.78 is 21.2. The van der Waals surface area contributed by atoms with E-state index in [1.165, 1.54) is 24.5 Å². The number of nitrogens with one attached hydrogen (secondary N) is 1. The first kappa shape index (κ1) is 10.7. The Morgan fingerprint density at radius 2 is 1.73 bits per heavy atom. The summed E-state index contributed by atoms with van der Waals surface area (Å²) in [5.41, 5.74) is 0. The lowest BCUT2D eigenvalue weighted by atomic mass is 10.5. The molecule has 6 heteroatoms. The van der Waals surface area contributed by atoms with E-state index in [9.17, 15) is 8.42 Å². The molecule has 1 aromatic rings. The zero-order chi connectivity index (χ0) is 7.61. The molecule has 1 heterocycles. The SMILES string of the molecule is O=S(=O)(Cl)c1cc[nH+]cc1.[Cl-]. The van der Waals surface area contributed by atoms with Crippen LogP contribution in [0.25, 0.3) is 0 Å². The molecule has 0 aliphatic rings. The van der Waals surface area contributed by atoms with Crippen LogP contribution in [0.4, 0.5) is 0 Å². The van der Waals surface area contributed by atoms with Gasteiger partial charge in [0.1, 0.15) is 0 Å². The van der Waals surface area contributed by atoms with Gasteiger partial charge in [-0.15, -0.1) is 0 Å². The van der Waals surface area contributed by atoms with Gasteiger partial charge in [-0.1, -0.05) is 0 Å². The fraction of sp³-hybridized carbons (Fsp3) is 0. The van der Waals surface area contributed by atoms with E-state index in [1.54, 1.807) is 0 Å². The average Bonchev–Trinajstić information content (AvgIpc) is 1.88.